The first-order valence-electron chi connectivity index (χ1n) is 8.96. The van der Waals surface area contributed by atoms with Gasteiger partial charge in [-0.15, -0.1) is 16.8 Å². The number of nitrogens with one attached hydrogen (secondary N) is 1. The van der Waals surface area contributed by atoms with Crippen molar-refractivity contribution in [2.75, 3.05) is 5.32 Å². The number of carbonyl (C=O) groups is 1. The maximum atomic E-state index is 12.7. The SMILES string of the molecule is C=CCn1c(SC(C)C(=O)Nc2ccnn2C(C)C)nnc1-c1ccncc1. The first-order chi connectivity index (χ1) is 13.5. The molecule has 1 N–H and O–H groups in total. The number of hydrogen-bond donors (Lipinski definition) is 1. The van der Waals surface area contributed by atoms with Crippen molar-refractivity contribution in [2.24, 2.45) is 0 Å². The summed E-state index contributed by atoms with van der Waals surface area (Å²) in [6, 6.07) is 5.70. The Labute approximate surface area is 168 Å². The van der Waals surface area contributed by atoms with E-state index in [-0.39, 0.29) is 17.2 Å². The lowest BCUT2D eigenvalue weighted by molar-refractivity contribution is -0.115. The summed E-state index contributed by atoms with van der Waals surface area (Å²) in [7, 11) is 0. The highest BCUT2D eigenvalue weighted by molar-refractivity contribution is 8.00. The zero-order valence-corrected chi connectivity index (χ0v) is 16.9. The Kier molecular flexibility index (Phi) is 6.25. The summed E-state index contributed by atoms with van der Waals surface area (Å²) in [5.41, 5.74) is 0.911. The summed E-state index contributed by atoms with van der Waals surface area (Å²) in [6.07, 6.45) is 6.88. The molecular formula is C19H23N7OS. The molecule has 0 aromatic carbocycles. The number of hydrogen-bond acceptors (Lipinski definition) is 6. The molecule has 0 aliphatic heterocycles. The normalized spacial score (nSPS) is 12.1. The molecule has 3 heterocycles. The number of amides is 1. The third-order valence-corrected chi connectivity index (χ3v) is 5.11. The molecule has 3 aromatic rings. The second-order valence-electron chi connectivity index (χ2n) is 6.45. The molecule has 3 aromatic heterocycles. The predicted molar refractivity (Wildman–Crippen MR) is 110 cm³/mol. The highest BCUT2D eigenvalue weighted by atomic mass is 32.2. The molecule has 0 aliphatic carbocycles. The van der Waals surface area contributed by atoms with Crippen LogP contribution >= 0.6 is 11.8 Å². The number of thioether (sulfide) groups is 1. The molecule has 0 saturated heterocycles. The van der Waals surface area contributed by atoms with E-state index in [1.54, 1.807) is 35.4 Å². The van der Waals surface area contributed by atoms with E-state index in [2.05, 4.69) is 32.2 Å². The van der Waals surface area contributed by atoms with Gasteiger partial charge in [0, 0.05) is 36.6 Å². The first-order valence-corrected chi connectivity index (χ1v) is 9.84. The minimum Gasteiger partial charge on any atom is -0.310 e. The number of carbonyl (C=O) groups excluding carboxylic acids is 1. The number of allylic oxidation sites excluding steroid dienone is 1. The Morgan fingerprint density at radius 3 is 2.64 bits per heavy atom. The van der Waals surface area contributed by atoms with E-state index < -0.39 is 0 Å². The lowest BCUT2D eigenvalue weighted by Gasteiger charge is -2.15. The molecule has 0 aliphatic rings. The van der Waals surface area contributed by atoms with Crippen molar-refractivity contribution in [3.63, 3.8) is 0 Å². The van der Waals surface area contributed by atoms with Crippen LogP contribution in [0.5, 0.6) is 0 Å². The van der Waals surface area contributed by atoms with E-state index in [9.17, 15) is 4.79 Å². The number of aromatic nitrogens is 6. The number of nitrogens with zero attached hydrogens (tertiary/aromatic N) is 6. The molecule has 3 rings (SSSR count). The standard InChI is InChI=1S/C19H23N7OS/c1-5-12-25-17(15-6-9-20-10-7-15)23-24-19(25)28-14(4)18(27)22-16-8-11-21-26(16)13(2)3/h5-11,13-14H,1,12H2,2-4H3,(H,22,27). The van der Waals surface area contributed by atoms with Gasteiger partial charge in [0.2, 0.25) is 5.91 Å². The largest absolute Gasteiger partial charge is 0.310 e. The quantitative estimate of drug-likeness (QED) is 0.463. The Hall–Kier alpha value is -2.94. The summed E-state index contributed by atoms with van der Waals surface area (Å²) in [6.45, 7) is 10.2. The smallest absolute Gasteiger partial charge is 0.238 e. The Bertz CT molecular complexity index is 948. The van der Waals surface area contributed by atoms with E-state index in [4.69, 9.17) is 0 Å². The average Bonchev–Trinajstić information content (AvgIpc) is 3.30. The van der Waals surface area contributed by atoms with Crippen LogP contribution in [0.3, 0.4) is 0 Å². The molecule has 0 bridgehead atoms. The molecule has 0 spiro atoms. The van der Waals surface area contributed by atoms with Crippen molar-refractivity contribution in [1.29, 1.82) is 0 Å². The summed E-state index contributed by atoms with van der Waals surface area (Å²) >= 11 is 1.35. The fourth-order valence-electron chi connectivity index (χ4n) is 2.65. The van der Waals surface area contributed by atoms with Gasteiger partial charge in [-0.1, -0.05) is 17.8 Å². The molecule has 9 heteroatoms. The lowest BCUT2D eigenvalue weighted by atomic mass is 10.2. The fourth-order valence-corrected chi connectivity index (χ4v) is 3.51. The Morgan fingerprint density at radius 1 is 1.21 bits per heavy atom. The Morgan fingerprint density at radius 2 is 1.96 bits per heavy atom. The van der Waals surface area contributed by atoms with Crippen LogP contribution in [0.1, 0.15) is 26.8 Å². The lowest BCUT2D eigenvalue weighted by Crippen LogP contribution is -2.25. The van der Waals surface area contributed by atoms with E-state index in [0.29, 0.717) is 17.5 Å². The van der Waals surface area contributed by atoms with E-state index >= 15 is 0 Å². The second-order valence-corrected chi connectivity index (χ2v) is 7.75. The van der Waals surface area contributed by atoms with Crippen molar-refractivity contribution >= 4 is 23.5 Å². The zero-order chi connectivity index (χ0) is 20.1. The number of anilines is 1. The van der Waals surface area contributed by atoms with E-state index in [0.717, 1.165) is 11.4 Å². The molecule has 0 saturated carbocycles. The van der Waals surface area contributed by atoms with Gasteiger partial charge < -0.3 is 5.32 Å². The highest BCUT2D eigenvalue weighted by Gasteiger charge is 2.21. The third kappa shape index (κ3) is 4.30. The molecule has 0 radical (unpaired) electrons. The van der Waals surface area contributed by atoms with E-state index in [1.165, 1.54) is 11.8 Å². The number of rotatable bonds is 8. The topological polar surface area (TPSA) is 90.5 Å². The monoisotopic (exact) mass is 397 g/mol. The van der Waals surface area contributed by atoms with Crippen molar-refractivity contribution < 1.29 is 4.79 Å². The molecule has 1 unspecified atom stereocenters. The minimum atomic E-state index is -0.367. The molecule has 0 fully saturated rings. The van der Waals surface area contributed by atoms with E-state index in [1.807, 2.05) is 37.5 Å². The maximum absolute atomic E-state index is 12.7. The van der Waals surface area contributed by atoms with Crippen LogP contribution in [0.4, 0.5) is 5.82 Å². The maximum Gasteiger partial charge on any atom is 0.238 e. The molecule has 8 nitrogen and oxygen atoms in total. The summed E-state index contributed by atoms with van der Waals surface area (Å²) in [5.74, 6) is 1.28. The fraction of sp³-hybridized carbons (Fsp3) is 0.316. The van der Waals surface area contributed by atoms with Gasteiger partial charge in [0.15, 0.2) is 11.0 Å². The van der Waals surface area contributed by atoms with Crippen molar-refractivity contribution in [1.82, 2.24) is 29.5 Å². The highest BCUT2D eigenvalue weighted by Crippen LogP contribution is 2.27. The molecular weight excluding hydrogens is 374 g/mol. The van der Waals surface area contributed by atoms with Gasteiger partial charge in [-0.05, 0) is 32.9 Å². The van der Waals surface area contributed by atoms with Crippen LogP contribution in [0.25, 0.3) is 11.4 Å². The molecule has 1 amide bonds. The van der Waals surface area contributed by atoms with Crippen LogP contribution in [0.2, 0.25) is 0 Å². The molecule has 1 atom stereocenters. The van der Waals surface area contributed by atoms with Crippen LogP contribution in [-0.4, -0.2) is 40.7 Å². The molecule has 146 valence electrons. The molecule has 28 heavy (non-hydrogen) atoms. The third-order valence-electron chi connectivity index (χ3n) is 4.03. The van der Waals surface area contributed by atoms with Gasteiger partial charge in [0.1, 0.15) is 5.82 Å². The van der Waals surface area contributed by atoms with Crippen molar-refractivity contribution in [3.8, 4) is 11.4 Å². The Balaban J connectivity index is 1.77. The second kappa shape index (κ2) is 8.83. The predicted octanol–water partition coefficient (Wildman–Crippen LogP) is 3.42. The van der Waals surface area contributed by atoms with Gasteiger partial charge >= 0.3 is 0 Å². The van der Waals surface area contributed by atoms with Crippen molar-refractivity contribution in [3.05, 3.63) is 49.4 Å². The van der Waals surface area contributed by atoms with Crippen LogP contribution in [0, 0.1) is 0 Å². The zero-order valence-electron chi connectivity index (χ0n) is 16.1. The van der Waals surface area contributed by atoms with Gasteiger partial charge in [-0.2, -0.15) is 5.10 Å². The first kappa shape index (κ1) is 19.8. The van der Waals surface area contributed by atoms with Crippen LogP contribution in [0.15, 0.2) is 54.6 Å². The number of pyridine rings is 1. The van der Waals surface area contributed by atoms with Gasteiger partial charge in [0.25, 0.3) is 0 Å². The average molecular weight is 398 g/mol. The van der Waals surface area contributed by atoms with Crippen LogP contribution < -0.4 is 5.32 Å². The summed E-state index contributed by atoms with van der Waals surface area (Å²) in [5, 5.41) is 16.1. The van der Waals surface area contributed by atoms with Gasteiger partial charge in [-0.25, -0.2) is 4.68 Å². The minimum absolute atomic E-state index is 0.119. The van der Waals surface area contributed by atoms with Gasteiger partial charge in [0.05, 0.1) is 11.4 Å². The summed E-state index contributed by atoms with van der Waals surface area (Å²) in [4.78, 5) is 16.7. The van der Waals surface area contributed by atoms with Gasteiger partial charge in [-0.3, -0.25) is 14.3 Å². The van der Waals surface area contributed by atoms with Crippen LogP contribution in [-0.2, 0) is 11.3 Å². The summed E-state index contributed by atoms with van der Waals surface area (Å²) < 4.78 is 3.71. The van der Waals surface area contributed by atoms with Crippen molar-refractivity contribution in [2.45, 2.75) is 43.8 Å².